The van der Waals surface area contributed by atoms with E-state index in [1.807, 2.05) is 67.2 Å². The Morgan fingerprint density at radius 1 is 0.764 bits per heavy atom. The highest BCUT2D eigenvalue weighted by Gasteiger charge is 2.80. The molecule has 3 heterocycles. The van der Waals surface area contributed by atoms with Crippen LogP contribution in [-0.2, 0) is 89.3 Å². The Hall–Kier alpha value is -7.36. The summed E-state index contributed by atoms with van der Waals surface area (Å²) in [5, 5.41) is 35.1. The smallest absolute Gasteiger partial charge is 0.312 e. The molecule has 12 atom stereocenters. The number of primary amides is 1. The summed E-state index contributed by atoms with van der Waals surface area (Å²) in [6.45, 7) is 14.5. The van der Waals surface area contributed by atoms with E-state index in [0.29, 0.717) is 70.4 Å². The molecule has 30 heteroatoms. The summed E-state index contributed by atoms with van der Waals surface area (Å²) >= 11 is 0. The molecule has 1 unspecified atom stereocenters. The molecule has 1 aromatic heterocycles. The summed E-state index contributed by atoms with van der Waals surface area (Å²) in [4.78, 5) is 109. The lowest BCUT2D eigenvalue weighted by Crippen LogP contribution is -2.71. The van der Waals surface area contributed by atoms with Crippen LogP contribution in [0.2, 0.25) is 0 Å². The molecule has 28 nitrogen and oxygen atoms in total. The van der Waals surface area contributed by atoms with Gasteiger partial charge in [0.1, 0.15) is 11.9 Å². The van der Waals surface area contributed by atoms with Crippen molar-refractivity contribution in [1.29, 1.82) is 0 Å². The Bertz CT molecular complexity index is 3560. The first-order chi connectivity index (χ1) is 51.0. The number of allylic oxidation sites excluding steroid dienone is 4. The molecular weight excluding hydrogens is 1380 g/mol. The lowest BCUT2D eigenvalue weighted by atomic mass is 9.44. The second-order valence-electron chi connectivity index (χ2n) is 28.7. The molecule has 2 aliphatic heterocycles. The van der Waals surface area contributed by atoms with Crippen LogP contribution in [0.15, 0.2) is 72.3 Å². The van der Waals surface area contributed by atoms with E-state index in [9.17, 15) is 38.7 Å². The number of alkyl halides is 2. The van der Waals surface area contributed by atoms with Gasteiger partial charge in [0.05, 0.1) is 142 Å². The largest absolute Gasteiger partial charge is 0.390 e. The maximum Gasteiger partial charge on any atom is 0.312 e. The lowest BCUT2D eigenvalue weighted by Gasteiger charge is -2.63. The van der Waals surface area contributed by atoms with Crippen LogP contribution in [0, 0.1) is 34.5 Å². The maximum atomic E-state index is 18.1. The number of carbonyl (C=O) groups is 8. The second-order valence-corrected chi connectivity index (χ2v) is 28.7. The standard InChI is InChI=1S/C76H108F2N10O18/c1-7-13-67-105-63-45-55-56-44-58(77)57-43-52(89)21-23-73(57,4)75(56,78)61(91)46-74(55,5)76(63,106-67)62(92)47-83-71(96)50(15-12-24-82-72(79)97)42-60(90)68(49(2)3)84-65(94)22-28-98-32-36-102-40-41-104-38-34-100-30-26-81-64(93)19-20-66(95)87-48-51-14-8-9-16-53(51)70-69(54-17-10-11-18-59(54)87)85-86-88(70)27-31-101-35-39-103-37-33-99-29-25-80-6/h8-11,14,16-18,21,23,43,49-50,55-56,58,61,63,67-68,80,91H,7,12-13,15,19-20,22,24-42,44-48H2,1-6H3,(H,81,93)(H,83,96)(H,84,94)(H3,79,82,97)/t50-,55+,56+,58+,61+,63-,67?,68+,73+,74+,75+,76-/m1/s1. The van der Waals surface area contributed by atoms with E-state index in [1.165, 1.54) is 19.1 Å². The number of aliphatic hydroxyl groups is 1. The Kier molecular flexibility index (Phi) is 30.5. The van der Waals surface area contributed by atoms with Crippen molar-refractivity contribution in [2.45, 2.75) is 160 Å². The summed E-state index contributed by atoms with van der Waals surface area (Å²) in [5.41, 5.74) is 2.78. The minimum absolute atomic E-state index is 0.0203. The van der Waals surface area contributed by atoms with Crippen LogP contribution >= 0.6 is 0 Å². The molecule has 584 valence electrons. The summed E-state index contributed by atoms with van der Waals surface area (Å²) in [7, 11) is 1.88. The van der Waals surface area contributed by atoms with Crippen molar-refractivity contribution in [2.75, 3.05) is 131 Å². The molecule has 0 bridgehead atoms. The fourth-order valence-electron chi connectivity index (χ4n) is 16.1. The van der Waals surface area contributed by atoms with Gasteiger partial charge in [0.2, 0.25) is 23.6 Å². The van der Waals surface area contributed by atoms with Gasteiger partial charge in [-0.15, -0.1) is 5.10 Å². The summed E-state index contributed by atoms with van der Waals surface area (Å²) in [6, 6.07) is 13.6. The average Bonchev–Trinajstić information content (AvgIpc) is 1.43. The van der Waals surface area contributed by atoms with Crippen molar-refractivity contribution in [1.82, 2.24) is 41.6 Å². The zero-order valence-electron chi connectivity index (χ0n) is 62.0. The number of carbonyl (C=O) groups excluding carboxylic acids is 8. The van der Waals surface area contributed by atoms with Gasteiger partial charge in [-0.3, -0.25) is 33.6 Å². The van der Waals surface area contributed by atoms with Crippen molar-refractivity contribution >= 4 is 52.7 Å². The number of hydrogen-bond donors (Lipinski definition) is 7. The second kappa shape index (κ2) is 39.1. The molecule has 9 rings (SSSR count). The number of nitrogens with zero attached hydrogens (tertiary/aromatic N) is 4. The number of aliphatic hydroxyl groups excluding tert-OH is 1. The number of para-hydroxylation sites is 1. The van der Waals surface area contributed by atoms with E-state index in [1.54, 1.807) is 25.7 Å². The first-order valence-corrected chi connectivity index (χ1v) is 37.4. The number of benzene rings is 2. The summed E-state index contributed by atoms with van der Waals surface area (Å²) < 4.78 is 88.8. The van der Waals surface area contributed by atoms with Gasteiger partial charge in [-0.2, -0.15) is 0 Å². The Morgan fingerprint density at radius 2 is 1.41 bits per heavy atom. The van der Waals surface area contributed by atoms with E-state index < -0.39 is 118 Å². The van der Waals surface area contributed by atoms with Gasteiger partial charge in [-0.1, -0.05) is 87.9 Å². The van der Waals surface area contributed by atoms with Crippen molar-refractivity contribution in [2.24, 2.45) is 40.2 Å². The average molecular weight is 1490 g/mol. The van der Waals surface area contributed by atoms with E-state index in [2.05, 4.69) is 36.9 Å². The van der Waals surface area contributed by atoms with Crippen molar-refractivity contribution < 1.29 is 94.9 Å². The van der Waals surface area contributed by atoms with Crippen LogP contribution in [0.1, 0.15) is 111 Å². The molecule has 0 spiro atoms. The highest BCUT2D eigenvalue weighted by Crippen LogP contribution is 2.72. The fraction of sp³-hybridized carbons (Fsp3) is 0.658. The number of urea groups is 1. The first kappa shape index (κ1) is 82.7. The van der Waals surface area contributed by atoms with Crippen LogP contribution in [-0.4, -0.2) is 235 Å². The predicted molar refractivity (Wildman–Crippen MR) is 385 cm³/mol. The number of fused-ring (bicyclic) bond motifs is 12. The van der Waals surface area contributed by atoms with Crippen LogP contribution in [0.25, 0.3) is 22.5 Å². The number of likely N-dealkylation sites (N-methyl/N-ethyl adjacent to an activating group) is 1. The number of amides is 6. The van der Waals surface area contributed by atoms with E-state index in [0.717, 1.165) is 35.0 Å². The normalized spacial score (nSPS) is 25.3. The van der Waals surface area contributed by atoms with Crippen LogP contribution in [0.3, 0.4) is 0 Å². The van der Waals surface area contributed by atoms with Crippen molar-refractivity contribution in [3.05, 3.63) is 77.9 Å². The van der Waals surface area contributed by atoms with Gasteiger partial charge in [0.15, 0.2) is 34.9 Å². The molecule has 0 radical (unpaired) electrons. The Balaban J connectivity index is 0.646. The number of halogens is 2. The zero-order chi connectivity index (χ0) is 76.0. The number of nitrogens with one attached hydrogen (secondary N) is 5. The molecule has 1 saturated heterocycles. The molecule has 3 saturated carbocycles. The van der Waals surface area contributed by atoms with Crippen molar-refractivity contribution in [3.63, 3.8) is 0 Å². The van der Waals surface area contributed by atoms with E-state index >= 15 is 13.6 Å². The third kappa shape index (κ3) is 19.5. The maximum absolute atomic E-state index is 18.1. The molecule has 8 N–H and O–H groups in total. The fourth-order valence-corrected chi connectivity index (χ4v) is 16.1. The minimum Gasteiger partial charge on any atom is -0.390 e. The van der Waals surface area contributed by atoms with Gasteiger partial charge in [-0.05, 0) is 93.7 Å². The molecule has 106 heavy (non-hydrogen) atoms. The number of ketones is 3. The summed E-state index contributed by atoms with van der Waals surface area (Å²) in [6.07, 6.45) is -1.18. The SMILES string of the molecule is CCCC1O[C@@H]2C[C@H]3[C@@H]4C[C@H](F)C5=CC(=O)C=C[C@]5(C)[C@@]4(F)[C@@H](O)C[C@]3(C)[C@]2(C(=O)CNC(=O)[C@H](CCCNC(N)=O)CC(=O)[C@@H](NC(=O)CCOCCOCCOCCOCCNC(=O)CCC(=O)N2Cc3ccccc3-c3c(nnn3CCOCCOCCOCCNC)-c3ccccc32)C(C)C)O1. The van der Waals surface area contributed by atoms with Gasteiger partial charge in [0, 0.05) is 79.1 Å². The van der Waals surface area contributed by atoms with Gasteiger partial charge in [0.25, 0.3) is 0 Å². The molecule has 4 fully saturated rings. The molecule has 6 amide bonds. The number of aromatic nitrogens is 3. The number of ether oxygens (including phenoxy) is 9. The molecule has 3 aromatic rings. The van der Waals surface area contributed by atoms with Crippen LogP contribution in [0.5, 0.6) is 0 Å². The monoisotopic (exact) mass is 1490 g/mol. The van der Waals surface area contributed by atoms with Gasteiger partial charge < -0.3 is 85.0 Å². The highest BCUT2D eigenvalue weighted by molar-refractivity contribution is 6.02. The summed E-state index contributed by atoms with van der Waals surface area (Å²) in [5.74, 6) is -6.42. The van der Waals surface area contributed by atoms with E-state index in [4.69, 9.17) is 48.4 Å². The first-order valence-electron chi connectivity index (χ1n) is 37.4. The topological polar surface area (TPSA) is 360 Å². The molecule has 4 aliphatic carbocycles. The number of hydrogen-bond acceptors (Lipinski definition) is 21. The van der Waals surface area contributed by atoms with Crippen LogP contribution < -0.4 is 37.2 Å². The number of rotatable bonds is 45. The lowest BCUT2D eigenvalue weighted by molar-refractivity contribution is -0.234. The van der Waals surface area contributed by atoms with Gasteiger partial charge in [-0.25, -0.2) is 18.3 Å². The third-order valence-corrected chi connectivity index (χ3v) is 21.5. The third-order valence-electron chi connectivity index (χ3n) is 21.5. The number of anilines is 1. The number of Topliss-reactive ketones (excluding diaryl/α,β-unsaturated/α-hetero) is 2. The molecule has 6 aliphatic rings. The molecular formula is C76H108F2N10O18. The minimum atomic E-state index is -2.41. The Morgan fingerprint density at radius 3 is 2.08 bits per heavy atom. The van der Waals surface area contributed by atoms with Crippen LogP contribution in [0.4, 0.5) is 19.3 Å². The Labute approximate surface area is 618 Å². The zero-order valence-corrected chi connectivity index (χ0v) is 62.0. The highest BCUT2D eigenvalue weighted by atomic mass is 19.1. The molecule has 2 aromatic carbocycles. The van der Waals surface area contributed by atoms with Crippen molar-refractivity contribution in [3.8, 4) is 22.5 Å². The predicted octanol–water partition coefficient (Wildman–Crippen LogP) is 5.14. The van der Waals surface area contributed by atoms with E-state index in [-0.39, 0.29) is 148 Å². The van der Waals surface area contributed by atoms with Gasteiger partial charge >= 0.3 is 6.03 Å². The number of nitrogens with two attached hydrogens (primary N) is 1. The quantitative estimate of drug-likeness (QED) is 0.0360.